The predicted octanol–water partition coefficient (Wildman–Crippen LogP) is 3.17. The third-order valence-corrected chi connectivity index (χ3v) is 4.43. The lowest BCUT2D eigenvalue weighted by atomic mass is 10.2. The van der Waals surface area contributed by atoms with Gasteiger partial charge in [-0.3, -0.25) is 25.3 Å². The Labute approximate surface area is 182 Å². The average Bonchev–Trinajstić information content (AvgIpc) is 3.27. The van der Waals surface area contributed by atoms with E-state index in [0.717, 1.165) is 18.7 Å². The number of amides is 2. The molecule has 1 aromatic heterocycles. The maximum atomic E-state index is 12.2. The molecule has 2 rings (SSSR count). The van der Waals surface area contributed by atoms with Crippen LogP contribution in [0.15, 0.2) is 53.5 Å². The van der Waals surface area contributed by atoms with Crippen molar-refractivity contribution in [2.24, 2.45) is 0 Å². The quantitative estimate of drug-likeness (QED) is 0.325. The van der Waals surface area contributed by atoms with Gasteiger partial charge in [-0.25, -0.2) is 0 Å². The third-order valence-electron chi connectivity index (χ3n) is 4.43. The van der Waals surface area contributed by atoms with E-state index < -0.39 is 11.8 Å². The molecule has 0 saturated carbocycles. The van der Waals surface area contributed by atoms with Gasteiger partial charge in [0.2, 0.25) is 0 Å². The molecule has 0 aliphatic carbocycles. The molecule has 166 valence electrons. The van der Waals surface area contributed by atoms with Gasteiger partial charge in [0.25, 0.3) is 5.91 Å². The molecule has 0 aliphatic rings. The normalized spacial score (nSPS) is 10.8. The van der Waals surface area contributed by atoms with Crippen molar-refractivity contribution in [1.82, 2.24) is 15.8 Å². The predicted molar refractivity (Wildman–Crippen MR) is 119 cm³/mol. The molecule has 0 bridgehead atoms. The van der Waals surface area contributed by atoms with Crippen LogP contribution in [-0.2, 0) is 11.3 Å². The number of hydrogen-bond acceptors (Lipinski definition) is 6. The summed E-state index contributed by atoms with van der Waals surface area (Å²) in [5.74, 6) is 0.916. The van der Waals surface area contributed by atoms with E-state index >= 15 is 0 Å². The number of hydrazine groups is 1. The Kier molecular flexibility index (Phi) is 9.38. The lowest BCUT2D eigenvalue weighted by Gasteiger charge is -2.15. The molecule has 1 aromatic carbocycles. The molecule has 0 spiro atoms. The van der Waals surface area contributed by atoms with Crippen molar-refractivity contribution in [3.63, 3.8) is 0 Å². The van der Waals surface area contributed by atoms with Crippen molar-refractivity contribution in [2.45, 2.75) is 20.4 Å². The first-order valence-electron chi connectivity index (χ1n) is 10.0. The fourth-order valence-electron chi connectivity index (χ4n) is 2.70. The van der Waals surface area contributed by atoms with E-state index in [1.165, 1.54) is 13.2 Å². The number of carbonyl (C=O) groups excluding carboxylic acids is 2. The van der Waals surface area contributed by atoms with Gasteiger partial charge >= 0.3 is 5.91 Å². The molecule has 2 aromatic rings. The molecule has 2 N–H and O–H groups in total. The van der Waals surface area contributed by atoms with E-state index in [9.17, 15) is 9.59 Å². The Hall–Kier alpha value is -3.52. The third kappa shape index (κ3) is 7.35. The Morgan fingerprint density at radius 1 is 1.13 bits per heavy atom. The summed E-state index contributed by atoms with van der Waals surface area (Å²) in [5.41, 5.74) is 5.39. The largest absolute Gasteiger partial charge is 0.493 e. The molecule has 8 heteroatoms. The molecule has 0 unspecified atom stereocenters. The maximum absolute atomic E-state index is 12.2. The number of rotatable bonds is 11. The van der Waals surface area contributed by atoms with Gasteiger partial charge in [-0.2, -0.15) is 0 Å². The minimum atomic E-state index is -0.530. The van der Waals surface area contributed by atoms with E-state index in [2.05, 4.69) is 36.2 Å². The lowest BCUT2D eigenvalue weighted by molar-refractivity contribution is -0.117. The zero-order valence-corrected chi connectivity index (χ0v) is 18.1. The second-order valence-corrected chi connectivity index (χ2v) is 6.51. The van der Waals surface area contributed by atoms with Gasteiger partial charge in [-0.1, -0.05) is 32.6 Å². The molecule has 1 heterocycles. The first-order chi connectivity index (χ1) is 15.0. The lowest BCUT2D eigenvalue weighted by Crippen LogP contribution is -2.40. The summed E-state index contributed by atoms with van der Waals surface area (Å²) in [6, 6.07) is 8.60. The number of ether oxygens (including phenoxy) is 2. The van der Waals surface area contributed by atoms with Crippen molar-refractivity contribution in [2.75, 3.05) is 26.8 Å². The van der Waals surface area contributed by atoms with Gasteiger partial charge in [-0.05, 0) is 49.0 Å². The summed E-state index contributed by atoms with van der Waals surface area (Å²) < 4.78 is 16.3. The van der Waals surface area contributed by atoms with Gasteiger partial charge in [0, 0.05) is 6.08 Å². The first kappa shape index (κ1) is 23.8. The summed E-state index contributed by atoms with van der Waals surface area (Å²) >= 11 is 0. The maximum Gasteiger partial charge on any atom is 0.305 e. The summed E-state index contributed by atoms with van der Waals surface area (Å²) in [4.78, 5) is 26.4. The Balaban J connectivity index is 1.88. The fraction of sp³-hybridized carbons (Fsp3) is 0.304. The molecule has 2 amide bonds. The second-order valence-electron chi connectivity index (χ2n) is 6.51. The van der Waals surface area contributed by atoms with Gasteiger partial charge < -0.3 is 13.9 Å². The van der Waals surface area contributed by atoms with E-state index in [4.69, 9.17) is 13.9 Å². The monoisotopic (exact) mass is 427 g/mol. The molecule has 0 aliphatic heterocycles. The van der Waals surface area contributed by atoms with Crippen LogP contribution in [0, 0.1) is 0 Å². The van der Waals surface area contributed by atoms with Crippen LogP contribution in [0.25, 0.3) is 6.08 Å². The number of hydrogen-bond donors (Lipinski definition) is 2. The topological polar surface area (TPSA) is 93.0 Å². The van der Waals surface area contributed by atoms with Crippen molar-refractivity contribution in [3.8, 4) is 11.5 Å². The number of nitrogens with one attached hydrogen (secondary N) is 2. The standard InChI is InChI=1S/C23H29N3O5/c1-5-14-30-19-11-8-17(15-21(19)29-4)9-13-22(27)24-25-23(28)20-12-10-18(31-20)16-26(6-2)7-3/h5,8-13,15H,1,6-7,14,16H2,2-4H3,(H,24,27)(H,25,28)/b13-9+. The molecule has 31 heavy (non-hydrogen) atoms. The molecule has 0 radical (unpaired) electrons. The Morgan fingerprint density at radius 2 is 1.90 bits per heavy atom. The summed E-state index contributed by atoms with van der Waals surface area (Å²) in [6.45, 7) is 10.5. The number of furan rings is 1. The van der Waals surface area contributed by atoms with E-state index in [0.29, 0.717) is 30.4 Å². The van der Waals surface area contributed by atoms with Gasteiger partial charge in [0.1, 0.15) is 12.4 Å². The molecular formula is C23H29N3O5. The van der Waals surface area contributed by atoms with E-state index in [1.54, 1.807) is 42.5 Å². The summed E-state index contributed by atoms with van der Waals surface area (Å²) in [5, 5.41) is 0. The minimum Gasteiger partial charge on any atom is -0.493 e. The van der Waals surface area contributed by atoms with E-state index in [-0.39, 0.29) is 5.76 Å². The van der Waals surface area contributed by atoms with Gasteiger partial charge in [0.15, 0.2) is 17.3 Å². The van der Waals surface area contributed by atoms with Crippen LogP contribution in [-0.4, -0.2) is 43.5 Å². The smallest absolute Gasteiger partial charge is 0.305 e. The second kappa shape index (κ2) is 12.2. The van der Waals surface area contributed by atoms with Crippen molar-refractivity contribution >= 4 is 17.9 Å². The highest BCUT2D eigenvalue weighted by atomic mass is 16.5. The highest BCUT2D eigenvalue weighted by Crippen LogP contribution is 2.28. The van der Waals surface area contributed by atoms with Crippen LogP contribution in [0.1, 0.15) is 35.7 Å². The van der Waals surface area contributed by atoms with Gasteiger partial charge in [0.05, 0.1) is 13.7 Å². The fourth-order valence-corrected chi connectivity index (χ4v) is 2.70. The van der Waals surface area contributed by atoms with Crippen LogP contribution in [0.5, 0.6) is 11.5 Å². The van der Waals surface area contributed by atoms with Crippen LogP contribution >= 0.6 is 0 Å². The average molecular weight is 428 g/mol. The Bertz CT molecular complexity index is 916. The zero-order valence-electron chi connectivity index (χ0n) is 18.1. The summed E-state index contributed by atoms with van der Waals surface area (Å²) in [6.07, 6.45) is 4.53. The molecule has 0 saturated heterocycles. The first-order valence-corrected chi connectivity index (χ1v) is 10.0. The highest BCUT2D eigenvalue weighted by molar-refractivity contribution is 5.96. The minimum absolute atomic E-state index is 0.131. The van der Waals surface area contributed by atoms with Gasteiger partial charge in [-0.15, -0.1) is 0 Å². The summed E-state index contributed by atoms with van der Waals surface area (Å²) in [7, 11) is 1.54. The van der Waals surface area contributed by atoms with Crippen LogP contribution in [0.3, 0.4) is 0 Å². The van der Waals surface area contributed by atoms with Crippen molar-refractivity contribution in [3.05, 3.63) is 66.1 Å². The SMILES string of the molecule is C=CCOc1ccc(/C=C/C(=O)NNC(=O)c2ccc(CN(CC)CC)o2)cc1OC. The van der Waals surface area contributed by atoms with Crippen molar-refractivity contribution in [1.29, 1.82) is 0 Å². The molecule has 0 fully saturated rings. The highest BCUT2D eigenvalue weighted by Gasteiger charge is 2.13. The van der Waals surface area contributed by atoms with Crippen LogP contribution in [0.2, 0.25) is 0 Å². The zero-order chi connectivity index (χ0) is 22.6. The number of carbonyl (C=O) groups is 2. The number of nitrogens with zero attached hydrogens (tertiary/aromatic N) is 1. The number of methoxy groups -OCH3 is 1. The number of benzene rings is 1. The van der Waals surface area contributed by atoms with E-state index in [1.807, 2.05) is 0 Å². The Morgan fingerprint density at radius 3 is 2.58 bits per heavy atom. The molecular weight excluding hydrogens is 398 g/mol. The van der Waals surface area contributed by atoms with Crippen LogP contribution < -0.4 is 20.3 Å². The molecule has 8 nitrogen and oxygen atoms in total. The van der Waals surface area contributed by atoms with Crippen LogP contribution in [0.4, 0.5) is 0 Å². The van der Waals surface area contributed by atoms with Crippen molar-refractivity contribution < 1.29 is 23.5 Å². The molecule has 0 atom stereocenters.